The van der Waals surface area contributed by atoms with Gasteiger partial charge in [0.25, 0.3) is 0 Å². The van der Waals surface area contributed by atoms with Crippen LogP contribution in [-0.2, 0) is 16.0 Å². The lowest BCUT2D eigenvalue weighted by Gasteiger charge is -2.38. The van der Waals surface area contributed by atoms with Crippen LogP contribution in [0.4, 0.5) is 13.2 Å². The first kappa shape index (κ1) is 17.3. The molecule has 3 aliphatic rings. The van der Waals surface area contributed by atoms with Gasteiger partial charge >= 0.3 is 6.18 Å². The molecule has 1 aromatic rings. The maximum Gasteiger partial charge on any atom is 0.416 e. The van der Waals surface area contributed by atoms with Crippen LogP contribution < -0.4 is 0 Å². The van der Waals surface area contributed by atoms with Gasteiger partial charge in [-0.05, 0) is 55.8 Å². The van der Waals surface area contributed by atoms with Crippen molar-refractivity contribution in [3.63, 3.8) is 0 Å². The summed E-state index contributed by atoms with van der Waals surface area (Å²) in [7, 11) is -2.81. The van der Waals surface area contributed by atoms with Crippen molar-refractivity contribution in [3.05, 3.63) is 35.4 Å². The Labute approximate surface area is 146 Å². The molecule has 0 radical (unpaired) electrons. The van der Waals surface area contributed by atoms with E-state index in [1.165, 1.54) is 12.1 Å². The van der Waals surface area contributed by atoms with E-state index in [0.29, 0.717) is 23.5 Å². The second-order valence-electron chi connectivity index (χ2n) is 8.04. The summed E-state index contributed by atoms with van der Waals surface area (Å²) in [6.07, 6.45) is -0.363. The van der Waals surface area contributed by atoms with Gasteiger partial charge in [-0.25, -0.2) is 8.42 Å². The molecule has 4 rings (SSSR count). The highest BCUT2D eigenvalue weighted by Crippen LogP contribution is 2.45. The fourth-order valence-corrected chi connectivity index (χ4v) is 7.20. The Kier molecular flexibility index (Phi) is 3.96. The molecule has 1 spiro atoms. The van der Waals surface area contributed by atoms with E-state index in [1.54, 1.807) is 12.1 Å². The monoisotopic (exact) mass is 373 g/mol. The van der Waals surface area contributed by atoms with Gasteiger partial charge in [-0.1, -0.05) is 12.1 Å². The minimum absolute atomic E-state index is 0.0225. The van der Waals surface area contributed by atoms with Crippen molar-refractivity contribution in [2.45, 2.75) is 43.8 Å². The highest BCUT2D eigenvalue weighted by Gasteiger charge is 2.53. The normalized spacial score (nSPS) is 31.3. The van der Waals surface area contributed by atoms with Crippen molar-refractivity contribution in [2.75, 3.05) is 24.6 Å². The quantitative estimate of drug-likeness (QED) is 0.797. The molecule has 3 fully saturated rings. The minimum Gasteiger partial charge on any atom is -0.300 e. The van der Waals surface area contributed by atoms with E-state index in [4.69, 9.17) is 0 Å². The minimum atomic E-state index is -4.29. The van der Waals surface area contributed by atoms with Crippen molar-refractivity contribution in [1.82, 2.24) is 4.90 Å². The van der Waals surface area contributed by atoms with Gasteiger partial charge in [-0.3, -0.25) is 4.90 Å². The lowest BCUT2D eigenvalue weighted by atomic mass is 9.91. The molecule has 0 bridgehead atoms. The molecule has 0 amide bonds. The van der Waals surface area contributed by atoms with E-state index in [-0.39, 0.29) is 5.41 Å². The topological polar surface area (TPSA) is 37.4 Å². The Morgan fingerprint density at radius 1 is 1.08 bits per heavy atom. The zero-order valence-corrected chi connectivity index (χ0v) is 14.7. The maximum absolute atomic E-state index is 12.7. The number of hydrogen-bond donors (Lipinski definition) is 0. The highest BCUT2D eigenvalue weighted by molar-refractivity contribution is 7.92. The van der Waals surface area contributed by atoms with Crippen LogP contribution in [0.25, 0.3) is 0 Å². The van der Waals surface area contributed by atoms with Crippen molar-refractivity contribution in [2.24, 2.45) is 5.41 Å². The van der Waals surface area contributed by atoms with Crippen LogP contribution >= 0.6 is 0 Å². The third-order valence-electron chi connectivity index (χ3n) is 6.15. The molecule has 1 saturated carbocycles. The van der Waals surface area contributed by atoms with Crippen LogP contribution in [0.1, 0.15) is 42.7 Å². The maximum atomic E-state index is 12.7. The summed E-state index contributed by atoms with van der Waals surface area (Å²) in [5.41, 5.74) is 0.361. The Balaban J connectivity index is 1.37. The molecule has 25 heavy (non-hydrogen) atoms. The number of hydrogen-bond acceptors (Lipinski definition) is 3. The summed E-state index contributed by atoms with van der Waals surface area (Å²) < 4.78 is 61.1. The van der Waals surface area contributed by atoms with Gasteiger partial charge < -0.3 is 0 Å². The van der Waals surface area contributed by atoms with Gasteiger partial charge in [0.05, 0.1) is 17.1 Å². The van der Waals surface area contributed by atoms with Crippen LogP contribution in [0, 0.1) is 5.41 Å². The summed E-state index contributed by atoms with van der Waals surface area (Å²) in [5.74, 6) is 0.950. The molecule has 1 aromatic carbocycles. The molecule has 0 unspecified atom stereocenters. The van der Waals surface area contributed by atoms with Crippen molar-refractivity contribution in [1.29, 1.82) is 0 Å². The van der Waals surface area contributed by atoms with E-state index < -0.39 is 21.6 Å². The first-order valence-corrected chi connectivity index (χ1v) is 10.6. The van der Waals surface area contributed by atoms with Gasteiger partial charge in [0, 0.05) is 18.0 Å². The fourth-order valence-electron chi connectivity index (χ4n) is 4.94. The van der Waals surface area contributed by atoms with Crippen LogP contribution in [0.15, 0.2) is 24.3 Å². The van der Waals surface area contributed by atoms with Crippen LogP contribution in [0.5, 0.6) is 0 Å². The molecule has 7 heteroatoms. The molecule has 2 saturated heterocycles. The highest BCUT2D eigenvalue weighted by atomic mass is 32.2. The van der Waals surface area contributed by atoms with Gasteiger partial charge in [-0.15, -0.1) is 0 Å². The number of alkyl halides is 3. The average Bonchev–Trinajstić information content (AvgIpc) is 3.12. The lowest BCUT2D eigenvalue weighted by molar-refractivity contribution is -0.137. The number of benzene rings is 1. The number of likely N-dealkylation sites (tertiary alicyclic amines) is 1. The van der Waals surface area contributed by atoms with Crippen molar-refractivity contribution >= 4 is 9.84 Å². The second-order valence-corrected chi connectivity index (χ2v) is 10.1. The Bertz CT molecular complexity index is 746. The Morgan fingerprint density at radius 2 is 1.76 bits per heavy atom. The van der Waals surface area contributed by atoms with Crippen LogP contribution in [-0.4, -0.2) is 44.0 Å². The van der Waals surface area contributed by atoms with Gasteiger partial charge in [0.2, 0.25) is 0 Å². The Hall–Kier alpha value is -1.08. The summed E-state index contributed by atoms with van der Waals surface area (Å²) >= 11 is 0. The van der Waals surface area contributed by atoms with Crippen molar-refractivity contribution in [3.8, 4) is 0 Å². The van der Waals surface area contributed by atoms with Gasteiger partial charge in [0.15, 0.2) is 9.84 Å². The predicted molar refractivity (Wildman–Crippen MR) is 89.1 cm³/mol. The largest absolute Gasteiger partial charge is 0.416 e. The van der Waals surface area contributed by atoms with E-state index >= 15 is 0 Å². The Morgan fingerprint density at radius 3 is 2.36 bits per heavy atom. The standard InChI is InChI=1S/C18H22F3NO2S/c19-18(20,21)15-4-1-13(2-5-15)14-3-6-16(9-14)22-8-7-17(10-22)11-25(23,24)12-17/h1-2,4-5,14,16H,3,6-12H2/t14-,16+/m1/s1. The summed E-state index contributed by atoms with van der Waals surface area (Å²) in [6, 6.07) is 5.99. The van der Waals surface area contributed by atoms with E-state index in [1.807, 2.05) is 0 Å². The van der Waals surface area contributed by atoms with Gasteiger partial charge in [0.1, 0.15) is 0 Å². The van der Waals surface area contributed by atoms with Gasteiger partial charge in [-0.2, -0.15) is 13.2 Å². The smallest absolute Gasteiger partial charge is 0.300 e. The first-order chi connectivity index (χ1) is 11.7. The molecule has 138 valence electrons. The predicted octanol–water partition coefficient (Wildman–Crippen LogP) is 3.46. The number of nitrogens with zero attached hydrogens (tertiary/aromatic N) is 1. The fraction of sp³-hybridized carbons (Fsp3) is 0.667. The average molecular weight is 373 g/mol. The molecule has 0 aromatic heterocycles. The molecule has 2 atom stereocenters. The number of sulfone groups is 1. The molecule has 2 heterocycles. The van der Waals surface area contributed by atoms with E-state index in [0.717, 1.165) is 44.3 Å². The third-order valence-corrected chi connectivity index (χ3v) is 8.26. The van der Waals surface area contributed by atoms with Crippen LogP contribution in [0.3, 0.4) is 0 Å². The number of rotatable bonds is 2. The molecule has 2 aliphatic heterocycles. The summed E-state index contributed by atoms with van der Waals surface area (Å²) in [4.78, 5) is 2.42. The van der Waals surface area contributed by atoms with E-state index in [2.05, 4.69) is 4.90 Å². The second kappa shape index (κ2) is 5.71. The lowest BCUT2D eigenvalue weighted by Crippen LogP contribution is -2.50. The molecule has 0 N–H and O–H groups in total. The SMILES string of the molecule is O=S1(=O)CC2(CCN([C@H]3CC[C@@H](c4ccc(C(F)(F)F)cc4)C3)C2)C1. The van der Waals surface area contributed by atoms with E-state index in [9.17, 15) is 21.6 Å². The zero-order chi connectivity index (χ0) is 17.9. The number of halogens is 3. The summed E-state index contributed by atoms with van der Waals surface area (Å²) in [6.45, 7) is 1.80. The molecular formula is C18H22F3NO2S. The van der Waals surface area contributed by atoms with Crippen LogP contribution in [0.2, 0.25) is 0 Å². The molecule has 3 nitrogen and oxygen atoms in total. The summed E-state index contributed by atoms with van der Waals surface area (Å²) in [5, 5.41) is 0. The molecule has 1 aliphatic carbocycles. The zero-order valence-electron chi connectivity index (χ0n) is 13.9. The first-order valence-electron chi connectivity index (χ1n) is 8.78. The molecular weight excluding hydrogens is 351 g/mol. The third kappa shape index (κ3) is 3.33. The van der Waals surface area contributed by atoms with Crippen molar-refractivity contribution < 1.29 is 21.6 Å².